The molecule has 2 aromatic heterocycles. The third-order valence-electron chi connectivity index (χ3n) is 5.91. The molecule has 33 heavy (non-hydrogen) atoms. The quantitative estimate of drug-likeness (QED) is 0.389. The Bertz CT molecular complexity index is 1430. The molecule has 174 valence electrons. The third-order valence-corrected chi connectivity index (χ3v) is 9.42. The van der Waals surface area contributed by atoms with E-state index in [1.165, 1.54) is 11.3 Å². The van der Waals surface area contributed by atoms with Crippen molar-refractivity contribution in [3.8, 4) is 0 Å². The van der Waals surface area contributed by atoms with Crippen molar-refractivity contribution in [1.82, 2.24) is 9.88 Å². The number of rotatable bonds is 4. The molecule has 0 bridgehead atoms. The SMILES string of the molecule is Cc1c(S(=O)(=O)Nc2ccc3nccc(N4CCN(C)CC4)c3c2)sc2ccc(Cl)cc12.Cl. The highest BCUT2D eigenvalue weighted by molar-refractivity contribution is 7.94. The van der Waals surface area contributed by atoms with Crippen LogP contribution in [0.4, 0.5) is 11.4 Å². The number of thiophene rings is 1. The molecule has 0 radical (unpaired) electrons. The Morgan fingerprint density at radius 2 is 1.79 bits per heavy atom. The van der Waals surface area contributed by atoms with Crippen molar-refractivity contribution in [1.29, 1.82) is 0 Å². The lowest BCUT2D eigenvalue weighted by atomic mass is 10.1. The van der Waals surface area contributed by atoms with Crippen molar-refractivity contribution >= 4 is 77.7 Å². The molecular weight excluding hydrogens is 499 g/mol. The second-order valence-electron chi connectivity index (χ2n) is 8.11. The van der Waals surface area contributed by atoms with Crippen LogP contribution in [0.5, 0.6) is 0 Å². The second kappa shape index (κ2) is 9.27. The van der Waals surface area contributed by atoms with Crippen LogP contribution in [0.15, 0.2) is 52.9 Å². The third kappa shape index (κ3) is 4.63. The molecule has 2 aromatic carbocycles. The van der Waals surface area contributed by atoms with E-state index in [9.17, 15) is 8.42 Å². The highest BCUT2D eigenvalue weighted by Crippen LogP contribution is 2.37. The van der Waals surface area contributed by atoms with Crippen LogP contribution in [0.2, 0.25) is 5.02 Å². The first-order valence-corrected chi connectivity index (χ1v) is 13.0. The molecular formula is C23H24Cl2N4O2S2. The van der Waals surface area contributed by atoms with Crippen molar-refractivity contribution < 1.29 is 8.42 Å². The summed E-state index contributed by atoms with van der Waals surface area (Å²) >= 11 is 7.37. The Kier molecular flexibility index (Phi) is 6.75. The van der Waals surface area contributed by atoms with Crippen molar-refractivity contribution in [3.63, 3.8) is 0 Å². The van der Waals surface area contributed by atoms with Gasteiger partial charge in [-0.2, -0.15) is 0 Å². The Hall–Kier alpha value is -2.10. The lowest BCUT2D eigenvalue weighted by Gasteiger charge is -2.34. The minimum absolute atomic E-state index is 0. The van der Waals surface area contributed by atoms with E-state index in [4.69, 9.17) is 11.6 Å². The van der Waals surface area contributed by atoms with E-state index in [2.05, 4.69) is 26.6 Å². The Labute approximate surface area is 208 Å². The topological polar surface area (TPSA) is 65.5 Å². The maximum atomic E-state index is 13.3. The van der Waals surface area contributed by atoms with Gasteiger partial charge in [0.1, 0.15) is 4.21 Å². The predicted octanol–water partition coefficient (Wildman–Crippen LogP) is 5.39. The van der Waals surface area contributed by atoms with Crippen molar-refractivity contribution in [2.75, 3.05) is 42.8 Å². The molecule has 0 unspecified atom stereocenters. The zero-order valence-corrected chi connectivity index (χ0v) is 21.4. The van der Waals surface area contributed by atoms with Gasteiger partial charge in [0, 0.05) is 58.9 Å². The van der Waals surface area contributed by atoms with Crippen molar-refractivity contribution in [2.45, 2.75) is 11.1 Å². The van der Waals surface area contributed by atoms with Gasteiger partial charge < -0.3 is 9.80 Å². The Balaban J connectivity index is 0.00000259. The number of halogens is 2. The molecule has 1 saturated heterocycles. The smallest absolute Gasteiger partial charge is 0.271 e. The fourth-order valence-electron chi connectivity index (χ4n) is 4.15. The van der Waals surface area contributed by atoms with Gasteiger partial charge in [0.2, 0.25) is 0 Å². The predicted molar refractivity (Wildman–Crippen MR) is 141 cm³/mol. The van der Waals surface area contributed by atoms with E-state index in [0.717, 1.165) is 52.9 Å². The fraction of sp³-hybridized carbons (Fsp3) is 0.261. The van der Waals surface area contributed by atoms with Crippen LogP contribution >= 0.6 is 35.3 Å². The van der Waals surface area contributed by atoms with Crippen LogP contribution in [0.1, 0.15) is 5.56 Å². The van der Waals surface area contributed by atoms with Gasteiger partial charge in [0.05, 0.1) is 5.52 Å². The number of fused-ring (bicyclic) bond motifs is 2. The minimum atomic E-state index is -3.75. The standard InChI is InChI=1S/C23H23ClN4O2S2.ClH/c1-15-18-13-16(24)3-6-22(18)31-23(15)32(29,30)26-17-4-5-20-19(14-17)21(7-8-25-20)28-11-9-27(2)10-12-28;/h3-8,13-14,26H,9-12H2,1-2H3;1H. The average molecular weight is 524 g/mol. The minimum Gasteiger partial charge on any atom is -0.368 e. The van der Waals surface area contributed by atoms with Gasteiger partial charge in [-0.25, -0.2) is 8.42 Å². The van der Waals surface area contributed by atoms with Crippen molar-refractivity contribution in [3.05, 3.63) is 59.2 Å². The number of nitrogens with zero attached hydrogens (tertiary/aromatic N) is 3. The van der Waals surface area contributed by atoms with E-state index in [1.54, 1.807) is 12.1 Å². The van der Waals surface area contributed by atoms with Gasteiger partial charge in [-0.05, 0) is 67.4 Å². The molecule has 5 rings (SSSR count). The maximum absolute atomic E-state index is 13.3. The first kappa shape index (κ1) is 24.0. The van der Waals surface area contributed by atoms with Gasteiger partial charge in [0.25, 0.3) is 10.0 Å². The lowest BCUT2D eigenvalue weighted by Crippen LogP contribution is -2.44. The average Bonchev–Trinajstić information content (AvgIpc) is 3.10. The molecule has 10 heteroatoms. The number of hydrogen-bond acceptors (Lipinski definition) is 6. The molecule has 1 aliphatic heterocycles. The largest absolute Gasteiger partial charge is 0.368 e. The summed E-state index contributed by atoms with van der Waals surface area (Å²) in [7, 11) is -1.62. The van der Waals surface area contributed by atoms with Gasteiger partial charge in [-0.1, -0.05) is 11.6 Å². The van der Waals surface area contributed by atoms with Crippen molar-refractivity contribution in [2.24, 2.45) is 0 Å². The number of anilines is 2. The molecule has 1 aliphatic rings. The summed E-state index contributed by atoms with van der Waals surface area (Å²) in [6.07, 6.45) is 1.81. The van der Waals surface area contributed by atoms with E-state index in [0.29, 0.717) is 20.5 Å². The number of nitrogens with one attached hydrogen (secondary N) is 1. The van der Waals surface area contributed by atoms with Crippen LogP contribution in [-0.4, -0.2) is 51.5 Å². The molecule has 4 aromatic rings. The summed E-state index contributed by atoms with van der Waals surface area (Å²) in [6, 6.07) is 13.0. The molecule has 0 amide bonds. The summed E-state index contributed by atoms with van der Waals surface area (Å²) in [6.45, 7) is 5.65. The van der Waals surface area contributed by atoms with Gasteiger partial charge >= 0.3 is 0 Å². The number of hydrogen-bond donors (Lipinski definition) is 1. The number of aryl methyl sites for hydroxylation is 1. The molecule has 0 atom stereocenters. The molecule has 6 nitrogen and oxygen atoms in total. The lowest BCUT2D eigenvalue weighted by molar-refractivity contribution is 0.313. The highest BCUT2D eigenvalue weighted by atomic mass is 35.5. The van der Waals surface area contributed by atoms with Crippen LogP contribution < -0.4 is 9.62 Å². The fourth-order valence-corrected chi connectivity index (χ4v) is 7.12. The molecule has 1 fully saturated rings. The molecule has 1 N–H and O–H groups in total. The number of pyridine rings is 1. The highest BCUT2D eigenvalue weighted by Gasteiger charge is 2.23. The van der Waals surface area contributed by atoms with E-state index >= 15 is 0 Å². The van der Waals surface area contributed by atoms with Gasteiger partial charge in [-0.3, -0.25) is 9.71 Å². The second-order valence-corrected chi connectivity index (χ2v) is 11.5. The summed E-state index contributed by atoms with van der Waals surface area (Å²) in [5, 5.41) is 2.40. The zero-order valence-electron chi connectivity index (χ0n) is 18.2. The monoisotopic (exact) mass is 522 g/mol. The van der Waals surface area contributed by atoms with E-state index in [1.807, 2.05) is 43.5 Å². The summed E-state index contributed by atoms with van der Waals surface area (Å²) in [5.41, 5.74) is 3.16. The summed E-state index contributed by atoms with van der Waals surface area (Å²) < 4.78 is 30.5. The number of piperazine rings is 1. The first-order chi connectivity index (χ1) is 15.3. The van der Waals surface area contributed by atoms with E-state index < -0.39 is 10.0 Å². The number of likely N-dealkylation sites (N-methyl/N-ethyl adjacent to an activating group) is 1. The van der Waals surface area contributed by atoms with Crippen LogP contribution in [0, 0.1) is 6.92 Å². The van der Waals surface area contributed by atoms with Crippen LogP contribution in [0.3, 0.4) is 0 Å². The molecule has 0 saturated carbocycles. The molecule has 3 heterocycles. The Morgan fingerprint density at radius 3 is 2.55 bits per heavy atom. The summed E-state index contributed by atoms with van der Waals surface area (Å²) in [4.78, 5) is 9.11. The number of benzene rings is 2. The first-order valence-electron chi connectivity index (χ1n) is 10.4. The maximum Gasteiger partial charge on any atom is 0.271 e. The Morgan fingerprint density at radius 1 is 1.03 bits per heavy atom. The molecule has 0 spiro atoms. The van der Waals surface area contributed by atoms with Gasteiger partial charge in [0.15, 0.2) is 0 Å². The van der Waals surface area contributed by atoms with E-state index in [-0.39, 0.29) is 12.4 Å². The normalized spacial score (nSPS) is 15.1. The number of sulfonamides is 1. The number of aromatic nitrogens is 1. The molecule has 0 aliphatic carbocycles. The van der Waals surface area contributed by atoms with Gasteiger partial charge in [-0.15, -0.1) is 23.7 Å². The van der Waals surface area contributed by atoms with Crippen LogP contribution in [-0.2, 0) is 10.0 Å². The summed E-state index contributed by atoms with van der Waals surface area (Å²) in [5.74, 6) is 0. The zero-order chi connectivity index (χ0) is 22.5. The van der Waals surface area contributed by atoms with Crippen LogP contribution in [0.25, 0.3) is 21.0 Å².